The molecule has 1 aliphatic rings. The quantitative estimate of drug-likeness (QED) is 0.585. The van der Waals surface area contributed by atoms with Gasteiger partial charge in [0.05, 0.1) is 16.3 Å². The van der Waals surface area contributed by atoms with Gasteiger partial charge in [-0.25, -0.2) is 10.0 Å². The first-order chi connectivity index (χ1) is 8.49. The van der Waals surface area contributed by atoms with Gasteiger partial charge in [-0.05, 0) is 19.1 Å². The second-order valence-corrected chi connectivity index (χ2v) is 3.75. The van der Waals surface area contributed by atoms with Crippen molar-refractivity contribution in [3.8, 4) is 0 Å². The molecule has 92 valence electrons. The van der Waals surface area contributed by atoms with E-state index in [0.29, 0.717) is 11.4 Å². The molecule has 0 saturated heterocycles. The summed E-state index contributed by atoms with van der Waals surface area (Å²) in [6.45, 7) is 1.69. The molecule has 0 radical (unpaired) electrons. The molecule has 0 unspecified atom stereocenters. The Kier molecular flexibility index (Phi) is 2.88. The predicted octanol–water partition coefficient (Wildman–Crippen LogP) is 1.52. The van der Waals surface area contributed by atoms with E-state index in [1.165, 1.54) is 29.3 Å². The number of carbonyl (C=O) groups is 1. The van der Waals surface area contributed by atoms with Crippen molar-refractivity contribution < 1.29 is 9.72 Å². The van der Waals surface area contributed by atoms with Crippen LogP contribution in [0.5, 0.6) is 0 Å². The molecule has 0 aromatic heterocycles. The van der Waals surface area contributed by atoms with Gasteiger partial charge >= 0.3 is 0 Å². The van der Waals surface area contributed by atoms with Crippen LogP contribution in [0.15, 0.2) is 34.4 Å². The van der Waals surface area contributed by atoms with E-state index in [0.717, 1.165) is 0 Å². The summed E-state index contributed by atoms with van der Waals surface area (Å²) < 4.78 is 0. The number of hydrogen-bond donors (Lipinski definition) is 0. The van der Waals surface area contributed by atoms with Crippen molar-refractivity contribution in [2.75, 3.05) is 7.05 Å². The molecule has 1 aliphatic heterocycles. The van der Waals surface area contributed by atoms with Gasteiger partial charge in [0, 0.05) is 19.2 Å². The standard InChI is InChI=1S/C11H10N4O3/c1-7-10(11(16)14(2)13-7)12-8-3-5-9(6-4-8)15(17)18/h3-6H,1-2H3. The molecule has 0 bridgehead atoms. The van der Waals surface area contributed by atoms with Gasteiger partial charge in [-0.1, -0.05) is 0 Å². The Morgan fingerprint density at radius 1 is 1.33 bits per heavy atom. The summed E-state index contributed by atoms with van der Waals surface area (Å²) in [5.41, 5.74) is 1.25. The Bertz CT molecular complexity index is 574. The van der Waals surface area contributed by atoms with Crippen molar-refractivity contribution in [2.24, 2.45) is 10.1 Å². The zero-order valence-electron chi connectivity index (χ0n) is 9.82. The first kappa shape index (κ1) is 11.9. The summed E-state index contributed by atoms with van der Waals surface area (Å²) in [4.78, 5) is 25.8. The molecule has 1 aromatic carbocycles. The van der Waals surface area contributed by atoms with Gasteiger partial charge in [0.2, 0.25) is 0 Å². The zero-order valence-corrected chi connectivity index (χ0v) is 9.82. The maximum absolute atomic E-state index is 11.7. The first-order valence-electron chi connectivity index (χ1n) is 5.16. The van der Waals surface area contributed by atoms with Crippen LogP contribution in [0.3, 0.4) is 0 Å². The lowest BCUT2D eigenvalue weighted by Gasteiger charge is -2.01. The molecule has 0 N–H and O–H groups in total. The fourth-order valence-electron chi connectivity index (χ4n) is 1.53. The number of carbonyl (C=O) groups excluding carboxylic acids is 1. The number of hydrazone groups is 1. The minimum atomic E-state index is -0.488. The molecule has 7 heteroatoms. The molecule has 1 aromatic rings. The Labute approximate surface area is 103 Å². The fraction of sp³-hybridized carbons (Fsp3) is 0.182. The number of non-ortho nitro benzene ring substituents is 1. The van der Waals surface area contributed by atoms with Crippen LogP contribution >= 0.6 is 0 Å². The average Bonchev–Trinajstić information content (AvgIpc) is 2.57. The van der Waals surface area contributed by atoms with Gasteiger partial charge in [0.25, 0.3) is 11.6 Å². The van der Waals surface area contributed by atoms with E-state index in [-0.39, 0.29) is 17.3 Å². The summed E-state index contributed by atoms with van der Waals surface area (Å²) in [7, 11) is 1.55. The molecular formula is C11H10N4O3. The van der Waals surface area contributed by atoms with Crippen LogP contribution in [0.2, 0.25) is 0 Å². The highest BCUT2D eigenvalue weighted by atomic mass is 16.6. The van der Waals surface area contributed by atoms with Crippen molar-refractivity contribution in [3.63, 3.8) is 0 Å². The van der Waals surface area contributed by atoms with E-state index in [2.05, 4.69) is 10.1 Å². The molecule has 0 atom stereocenters. The predicted molar refractivity (Wildman–Crippen MR) is 66.1 cm³/mol. The van der Waals surface area contributed by atoms with Gasteiger partial charge in [-0.3, -0.25) is 14.9 Å². The summed E-state index contributed by atoms with van der Waals surface area (Å²) >= 11 is 0. The van der Waals surface area contributed by atoms with E-state index in [4.69, 9.17) is 0 Å². The Morgan fingerprint density at radius 3 is 2.39 bits per heavy atom. The van der Waals surface area contributed by atoms with E-state index in [9.17, 15) is 14.9 Å². The lowest BCUT2D eigenvalue weighted by Crippen LogP contribution is -2.23. The molecule has 18 heavy (non-hydrogen) atoms. The van der Waals surface area contributed by atoms with Gasteiger partial charge in [0.15, 0.2) is 5.71 Å². The number of nitro benzene ring substituents is 1. The summed E-state index contributed by atoms with van der Waals surface area (Å²) in [6, 6.07) is 5.66. The third-order valence-electron chi connectivity index (χ3n) is 2.44. The second-order valence-electron chi connectivity index (χ2n) is 3.75. The highest BCUT2D eigenvalue weighted by Crippen LogP contribution is 2.19. The van der Waals surface area contributed by atoms with E-state index < -0.39 is 4.92 Å². The molecule has 1 heterocycles. The van der Waals surface area contributed by atoms with Crippen molar-refractivity contribution in [3.05, 3.63) is 34.4 Å². The van der Waals surface area contributed by atoms with E-state index in [1.807, 2.05) is 0 Å². The van der Waals surface area contributed by atoms with Crippen LogP contribution in [-0.2, 0) is 4.79 Å². The molecule has 1 amide bonds. The SMILES string of the molecule is CC1=NN(C)C(=O)C1=Nc1ccc([N+](=O)[O-])cc1. The minimum Gasteiger partial charge on any atom is -0.265 e. The maximum Gasteiger partial charge on any atom is 0.294 e. The zero-order chi connectivity index (χ0) is 13.3. The summed E-state index contributed by atoms with van der Waals surface area (Å²) in [5, 5.41) is 15.7. The smallest absolute Gasteiger partial charge is 0.265 e. The van der Waals surface area contributed by atoms with Crippen molar-refractivity contribution >= 4 is 28.7 Å². The molecule has 0 fully saturated rings. The molecule has 7 nitrogen and oxygen atoms in total. The largest absolute Gasteiger partial charge is 0.294 e. The number of aliphatic imine (C=N–C) groups is 1. The van der Waals surface area contributed by atoms with E-state index >= 15 is 0 Å². The molecule has 0 aliphatic carbocycles. The Hall–Kier alpha value is -2.57. The van der Waals surface area contributed by atoms with Gasteiger partial charge < -0.3 is 0 Å². The number of nitrogens with zero attached hydrogens (tertiary/aromatic N) is 4. The van der Waals surface area contributed by atoms with Gasteiger partial charge in [-0.15, -0.1) is 0 Å². The van der Waals surface area contributed by atoms with Gasteiger partial charge in [-0.2, -0.15) is 5.10 Å². The average molecular weight is 246 g/mol. The van der Waals surface area contributed by atoms with Crippen molar-refractivity contribution in [1.82, 2.24) is 5.01 Å². The molecule has 0 saturated carbocycles. The fourth-order valence-corrected chi connectivity index (χ4v) is 1.53. The maximum atomic E-state index is 11.7. The molecule has 2 rings (SSSR count). The van der Waals surface area contributed by atoms with Crippen LogP contribution in [0.25, 0.3) is 0 Å². The lowest BCUT2D eigenvalue weighted by molar-refractivity contribution is -0.384. The van der Waals surface area contributed by atoms with Crippen molar-refractivity contribution in [1.29, 1.82) is 0 Å². The monoisotopic (exact) mass is 246 g/mol. The van der Waals surface area contributed by atoms with Gasteiger partial charge in [0.1, 0.15) is 0 Å². The topological polar surface area (TPSA) is 88.2 Å². The van der Waals surface area contributed by atoms with Crippen LogP contribution in [-0.4, -0.2) is 34.3 Å². The lowest BCUT2D eigenvalue weighted by atomic mass is 10.2. The Balaban J connectivity index is 2.31. The third-order valence-corrected chi connectivity index (χ3v) is 2.44. The molecular weight excluding hydrogens is 236 g/mol. The minimum absolute atomic E-state index is 0.0146. The number of amides is 1. The normalized spacial score (nSPS) is 17.2. The van der Waals surface area contributed by atoms with Crippen molar-refractivity contribution in [2.45, 2.75) is 6.92 Å². The summed E-state index contributed by atoms with van der Waals surface area (Å²) in [5.74, 6) is -0.286. The third kappa shape index (κ3) is 2.10. The van der Waals surface area contributed by atoms with Crippen LogP contribution < -0.4 is 0 Å². The summed E-state index contributed by atoms with van der Waals surface area (Å²) in [6.07, 6.45) is 0. The first-order valence-corrected chi connectivity index (χ1v) is 5.16. The number of rotatable bonds is 2. The Morgan fingerprint density at radius 2 is 1.94 bits per heavy atom. The second kappa shape index (κ2) is 4.36. The number of benzene rings is 1. The van der Waals surface area contributed by atoms with Crippen LogP contribution in [0, 0.1) is 10.1 Å². The number of nitro groups is 1. The van der Waals surface area contributed by atoms with E-state index in [1.54, 1.807) is 14.0 Å². The molecule has 0 spiro atoms. The van der Waals surface area contributed by atoms with Crippen LogP contribution in [0.1, 0.15) is 6.92 Å². The highest BCUT2D eigenvalue weighted by molar-refractivity contribution is 6.68. The number of hydrogen-bond acceptors (Lipinski definition) is 5. The van der Waals surface area contributed by atoms with Crippen LogP contribution in [0.4, 0.5) is 11.4 Å². The highest BCUT2D eigenvalue weighted by Gasteiger charge is 2.26.